The fourth-order valence-corrected chi connectivity index (χ4v) is 3.27. The van der Waals surface area contributed by atoms with Crippen LogP contribution in [0, 0.1) is 5.92 Å². The van der Waals surface area contributed by atoms with E-state index in [4.69, 9.17) is 0 Å². The van der Waals surface area contributed by atoms with Crippen molar-refractivity contribution in [3.8, 4) is 0 Å². The summed E-state index contributed by atoms with van der Waals surface area (Å²) >= 11 is 0. The Hall–Kier alpha value is -0.900. The van der Waals surface area contributed by atoms with Gasteiger partial charge in [0.15, 0.2) is 0 Å². The molecule has 1 fully saturated rings. The summed E-state index contributed by atoms with van der Waals surface area (Å²) in [6.45, 7) is 11.2. The lowest BCUT2D eigenvalue weighted by atomic mass is 10.1. The number of hydrogen-bond acceptors (Lipinski definition) is 3. The Bertz CT molecular complexity index is 442. The maximum atomic E-state index is 3.49. The van der Waals surface area contributed by atoms with E-state index < -0.39 is 0 Å². The Morgan fingerprint density at radius 2 is 1.95 bits per heavy atom. The number of benzene rings is 1. The SMILES string of the molecule is CC(C)NCc1cccc(CN2CC(C)C(N(C)C)C2)c1. The van der Waals surface area contributed by atoms with Crippen LogP contribution in [0.2, 0.25) is 0 Å². The van der Waals surface area contributed by atoms with Gasteiger partial charge in [-0.25, -0.2) is 0 Å². The third-order valence-corrected chi connectivity index (χ3v) is 4.42. The van der Waals surface area contributed by atoms with Gasteiger partial charge < -0.3 is 10.2 Å². The average molecular weight is 289 g/mol. The molecule has 0 amide bonds. The molecule has 21 heavy (non-hydrogen) atoms. The van der Waals surface area contributed by atoms with Gasteiger partial charge in [0.25, 0.3) is 0 Å². The van der Waals surface area contributed by atoms with E-state index in [1.54, 1.807) is 0 Å². The molecule has 1 aliphatic heterocycles. The molecule has 0 bridgehead atoms. The molecule has 3 heteroatoms. The van der Waals surface area contributed by atoms with E-state index in [0.29, 0.717) is 12.1 Å². The zero-order valence-electron chi connectivity index (χ0n) is 14.3. The zero-order valence-corrected chi connectivity index (χ0v) is 14.3. The monoisotopic (exact) mass is 289 g/mol. The molecule has 0 saturated carbocycles. The summed E-state index contributed by atoms with van der Waals surface area (Å²) < 4.78 is 0. The van der Waals surface area contributed by atoms with Gasteiger partial charge in [0.05, 0.1) is 0 Å². The molecule has 1 heterocycles. The fraction of sp³-hybridized carbons (Fsp3) is 0.667. The van der Waals surface area contributed by atoms with Crippen LogP contribution in [0.1, 0.15) is 31.9 Å². The van der Waals surface area contributed by atoms with Crippen LogP contribution < -0.4 is 5.32 Å². The summed E-state index contributed by atoms with van der Waals surface area (Å²) in [6, 6.07) is 10.2. The van der Waals surface area contributed by atoms with Crippen LogP contribution in [0.3, 0.4) is 0 Å². The van der Waals surface area contributed by atoms with E-state index in [-0.39, 0.29) is 0 Å². The number of nitrogens with zero attached hydrogens (tertiary/aromatic N) is 2. The molecule has 0 radical (unpaired) electrons. The molecular weight excluding hydrogens is 258 g/mol. The van der Waals surface area contributed by atoms with Gasteiger partial charge in [-0.1, -0.05) is 45.0 Å². The van der Waals surface area contributed by atoms with Crippen molar-refractivity contribution in [2.24, 2.45) is 5.92 Å². The molecule has 3 nitrogen and oxygen atoms in total. The van der Waals surface area contributed by atoms with Gasteiger partial charge in [-0.15, -0.1) is 0 Å². The van der Waals surface area contributed by atoms with Crippen molar-refractivity contribution < 1.29 is 0 Å². The maximum Gasteiger partial charge on any atom is 0.0254 e. The van der Waals surface area contributed by atoms with Crippen molar-refractivity contribution in [2.45, 2.75) is 45.9 Å². The summed E-state index contributed by atoms with van der Waals surface area (Å²) in [7, 11) is 4.39. The van der Waals surface area contributed by atoms with Crippen LogP contribution in [-0.2, 0) is 13.1 Å². The highest BCUT2D eigenvalue weighted by Gasteiger charge is 2.30. The minimum absolute atomic E-state index is 0.536. The predicted octanol–water partition coefficient (Wildman–Crippen LogP) is 2.57. The molecule has 1 aliphatic rings. The van der Waals surface area contributed by atoms with Crippen molar-refractivity contribution in [1.29, 1.82) is 0 Å². The maximum absolute atomic E-state index is 3.49. The van der Waals surface area contributed by atoms with Gasteiger partial charge in [-0.05, 0) is 31.1 Å². The molecule has 1 aromatic carbocycles. The number of nitrogens with one attached hydrogen (secondary N) is 1. The van der Waals surface area contributed by atoms with Crippen molar-refractivity contribution in [3.05, 3.63) is 35.4 Å². The molecule has 2 rings (SSSR count). The van der Waals surface area contributed by atoms with Crippen LogP contribution in [0.15, 0.2) is 24.3 Å². The second-order valence-corrected chi connectivity index (χ2v) is 7.06. The zero-order chi connectivity index (χ0) is 15.4. The van der Waals surface area contributed by atoms with Gasteiger partial charge in [-0.2, -0.15) is 0 Å². The number of likely N-dealkylation sites (tertiary alicyclic amines) is 1. The molecular formula is C18H31N3. The number of hydrogen-bond donors (Lipinski definition) is 1. The molecule has 0 aromatic heterocycles. The van der Waals surface area contributed by atoms with Gasteiger partial charge in [0.2, 0.25) is 0 Å². The Balaban J connectivity index is 1.93. The van der Waals surface area contributed by atoms with Crippen molar-refractivity contribution in [1.82, 2.24) is 15.1 Å². The van der Waals surface area contributed by atoms with Gasteiger partial charge in [0, 0.05) is 38.3 Å². The molecule has 118 valence electrons. The first kappa shape index (κ1) is 16.5. The Kier molecular flexibility index (Phi) is 5.80. The minimum Gasteiger partial charge on any atom is -0.310 e. The molecule has 0 spiro atoms. The van der Waals surface area contributed by atoms with Crippen LogP contribution in [0.5, 0.6) is 0 Å². The molecule has 2 unspecified atom stereocenters. The van der Waals surface area contributed by atoms with E-state index >= 15 is 0 Å². The minimum atomic E-state index is 0.536. The lowest BCUT2D eigenvalue weighted by Gasteiger charge is -2.22. The third-order valence-electron chi connectivity index (χ3n) is 4.42. The largest absolute Gasteiger partial charge is 0.310 e. The fourth-order valence-electron chi connectivity index (χ4n) is 3.27. The summed E-state index contributed by atoms with van der Waals surface area (Å²) in [5, 5.41) is 3.49. The highest BCUT2D eigenvalue weighted by Crippen LogP contribution is 2.22. The first-order valence-corrected chi connectivity index (χ1v) is 8.15. The lowest BCUT2D eigenvalue weighted by Crippen LogP contribution is -2.34. The second-order valence-electron chi connectivity index (χ2n) is 7.06. The van der Waals surface area contributed by atoms with E-state index in [1.165, 1.54) is 24.2 Å². The molecule has 0 aliphatic carbocycles. The van der Waals surface area contributed by atoms with Crippen molar-refractivity contribution in [2.75, 3.05) is 27.2 Å². The average Bonchev–Trinajstić information content (AvgIpc) is 2.78. The summed E-state index contributed by atoms with van der Waals surface area (Å²) in [6.07, 6.45) is 0. The van der Waals surface area contributed by atoms with E-state index in [0.717, 1.165) is 19.0 Å². The summed E-state index contributed by atoms with van der Waals surface area (Å²) in [4.78, 5) is 4.96. The molecule has 1 N–H and O–H groups in total. The van der Waals surface area contributed by atoms with Crippen molar-refractivity contribution in [3.63, 3.8) is 0 Å². The smallest absolute Gasteiger partial charge is 0.0254 e. The highest BCUT2D eigenvalue weighted by atomic mass is 15.2. The van der Waals surface area contributed by atoms with E-state index in [2.05, 4.69) is 74.2 Å². The van der Waals surface area contributed by atoms with Crippen LogP contribution in [0.4, 0.5) is 0 Å². The highest BCUT2D eigenvalue weighted by molar-refractivity contribution is 5.23. The molecule has 1 saturated heterocycles. The first-order valence-electron chi connectivity index (χ1n) is 8.15. The third kappa shape index (κ3) is 4.80. The standard InChI is InChI=1S/C18H31N3/c1-14(2)19-10-16-7-6-8-17(9-16)12-21-11-15(3)18(13-21)20(4)5/h6-9,14-15,18-19H,10-13H2,1-5H3. The van der Waals surface area contributed by atoms with Crippen molar-refractivity contribution >= 4 is 0 Å². The second kappa shape index (κ2) is 7.39. The summed E-state index contributed by atoms with van der Waals surface area (Å²) in [5.41, 5.74) is 2.82. The van der Waals surface area contributed by atoms with Gasteiger partial charge in [0.1, 0.15) is 0 Å². The number of likely N-dealkylation sites (N-methyl/N-ethyl adjacent to an activating group) is 1. The normalized spacial score (nSPS) is 23.4. The Labute approximate surface area is 130 Å². The quantitative estimate of drug-likeness (QED) is 0.868. The van der Waals surface area contributed by atoms with E-state index in [1.807, 2.05) is 0 Å². The van der Waals surface area contributed by atoms with Crippen LogP contribution in [-0.4, -0.2) is 49.1 Å². The summed E-state index contributed by atoms with van der Waals surface area (Å²) in [5.74, 6) is 0.755. The Morgan fingerprint density at radius 1 is 1.24 bits per heavy atom. The van der Waals surface area contributed by atoms with Gasteiger partial charge in [-0.3, -0.25) is 4.90 Å². The Morgan fingerprint density at radius 3 is 2.57 bits per heavy atom. The van der Waals surface area contributed by atoms with E-state index in [9.17, 15) is 0 Å². The molecule has 1 aromatic rings. The topological polar surface area (TPSA) is 18.5 Å². The lowest BCUT2D eigenvalue weighted by molar-refractivity contribution is 0.250. The first-order chi connectivity index (χ1) is 9.95. The van der Waals surface area contributed by atoms with Crippen LogP contribution >= 0.6 is 0 Å². The predicted molar refractivity (Wildman–Crippen MR) is 90.3 cm³/mol. The number of rotatable bonds is 6. The van der Waals surface area contributed by atoms with Crippen LogP contribution in [0.25, 0.3) is 0 Å². The van der Waals surface area contributed by atoms with Gasteiger partial charge >= 0.3 is 0 Å². The molecule has 2 atom stereocenters.